The number of primary amides is 1. The summed E-state index contributed by atoms with van der Waals surface area (Å²) in [5.74, 6) is -0.135. The van der Waals surface area contributed by atoms with Crippen LogP contribution in [-0.4, -0.2) is 52.9 Å². The monoisotopic (exact) mass is 305 g/mol. The highest BCUT2D eigenvalue weighted by atomic mass is 16.6. The molecule has 8 nitrogen and oxygen atoms in total. The van der Waals surface area contributed by atoms with Crippen molar-refractivity contribution < 1.29 is 9.72 Å². The lowest BCUT2D eigenvalue weighted by molar-refractivity contribution is -0.385. The fourth-order valence-electron chi connectivity index (χ4n) is 3.49. The van der Waals surface area contributed by atoms with Crippen LogP contribution in [0.2, 0.25) is 0 Å². The predicted octanol–water partition coefficient (Wildman–Crippen LogP) is 0.682. The number of amides is 1. The van der Waals surface area contributed by atoms with Gasteiger partial charge in [0, 0.05) is 37.8 Å². The Bertz CT molecular complexity index is 625. The number of nitro groups is 1. The lowest BCUT2D eigenvalue weighted by Crippen LogP contribution is -2.39. The van der Waals surface area contributed by atoms with Gasteiger partial charge >= 0.3 is 5.69 Å². The Morgan fingerprint density at radius 2 is 2.05 bits per heavy atom. The molecule has 0 saturated carbocycles. The number of carbonyl (C=O) groups is 1. The van der Waals surface area contributed by atoms with E-state index in [0.29, 0.717) is 17.4 Å². The van der Waals surface area contributed by atoms with Crippen LogP contribution in [0.4, 0.5) is 11.5 Å². The molecule has 118 valence electrons. The van der Waals surface area contributed by atoms with Gasteiger partial charge in [-0.3, -0.25) is 14.9 Å². The van der Waals surface area contributed by atoms with Crippen molar-refractivity contribution in [3.05, 3.63) is 27.4 Å². The van der Waals surface area contributed by atoms with E-state index < -0.39 is 10.8 Å². The third-order valence-electron chi connectivity index (χ3n) is 4.65. The molecule has 4 rings (SSSR count). The number of rotatable bonds is 3. The lowest BCUT2D eigenvalue weighted by Gasteiger charge is -2.33. The van der Waals surface area contributed by atoms with E-state index in [-0.39, 0.29) is 11.3 Å². The third-order valence-corrected chi connectivity index (χ3v) is 4.65. The van der Waals surface area contributed by atoms with Crippen LogP contribution in [0, 0.1) is 17.0 Å². The Balaban J connectivity index is 2.06. The molecule has 3 fully saturated rings. The van der Waals surface area contributed by atoms with Gasteiger partial charge in [-0.05, 0) is 19.8 Å². The van der Waals surface area contributed by atoms with Crippen molar-refractivity contribution >= 4 is 17.4 Å². The molecule has 3 aliphatic rings. The maximum atomic E-state index is 11.7. The van der Waals surface area contributed by atoms with Gasteiger partial charge in [-0.2, -0.15) is 0 Å². The Hall–Kier alpha value is -2.22. The van der Waals surface area contributed by atoms with E-state index in [1.54, 1.807) is 6.92 Å². The topological polar surface area (TPSA) is 106 Å². The summed E-state index contributed by atoms with van der Waals surface area (Å²) in [5, 5.41) is 11.1. The summed E-state index contributed by atoms with van der Waals surface area (Å²) < 4.78 is 0. The van der Waals surface area contributed by atoms with Gasteiger partial charge in [0.1, 0.15) is 17.6 Å². The smallest absolute Gasteiger partial charge is 0.300 e. The number of carbonyl (C=O) groups excluding carboxylic acids is 1. The molecule has 0 aliphatic carbocycles. The minimum absolute atomic E-state index is 0.0332. The van der Waals surface area contributed by atoms with E-state index in [9.17, 15) is 14.9 Å². The highest BCUT2D eigenvalue weighted by molar-refractivity contribution is 5.99. The SMILES string of the molecule is Cc1c(N2CCN3CCC2CC3)ncc([N+](=O)[O-])c1C(N)=O. The first-order chi connectivity index (χ1) is 10.5. The van der Waals surface area contributed by atoms with Gasteiger partial charge in [0.05, 0.1) is 4.92 Å². The Morgan fingerprint density at radius 1 is 1.36 bits per heavy atom. The van der Waals surface area contributed by atoms with Crippen molar-refractivity contribution in [2.45, 2.75) is 25.8 Å². The van der Waals surface area contributed by atoms with E-state index in [0.717, 1.165) is 45.2 Å². The molecule has 22 heavy (non-hydrogen) atoms. The molecule has 0 atom stereocenters. The fourth-order valence-corrected chi connectivity index (χ4v) is 3.49. The van der Waals surface area contributed by atoms with Crippen LogP contribution in [0.3, 0.4) is 0 Å². The first-order valence-corrected chi connectivity index (χ1v) is 7.42. The molecule has 4 heterocycles. The average molecular weight is 305 g/mol. The van der Waals surface area contributed by atoms with Crippen molar-refractivity contribution in [1.29, 1.82) is 0 Å². The summed E-state index contributed by atoms with van der Waals surface area (Å²) >= 11 is 0. The number of hydrogen-bond donors (Lipinski definition) is 1. The fraction of sp³-hybridized carbons (Fsp3) is 0.571. The zero-order valence-corrected chi connectivity index (χ0v) is 12.5. The highest BCUT2D eigenvalue weighted by Gasteiger charge is 2.33. The Kier molecular flexibility index (Phi) is 3.69. The van der Waals surface area contributed by atoms with Crippen LogP contribution in [0.1, 0.15) is 28.8 Å². The van der Waals surface area contributed by atoms with Crippen molar-refractivity contribution in [3.63, 3.8) is 0 Å². The summed E-state index contributed by atoms with van der Waals surface area (Å²) in [6.07, 6.45) is 3.24. The Labute approximate surface area is 128 Å². The van der Waals surface area contributed by atoms with E-state index in [2.05, 4.69) is 14.8 Å². The van der Waals surface area contributed by atoms with Gasteiger partial charge in [0.25, 0.3) is 5.91 Å². The largest absolute Gasteiger partial charge is 0.365 e. The number of nitrogens with two attached hydrogens (primary N) is 1. The second-order valence-electron chi connectivity index (χ2n) is 5.85. The molecule has 2 N–H and O–H groups in total. The first kappa shape index (κ1) is 14.7. The maximum absolute atomic E-state index is 11.7. The third kappa shape index (κ3) is 2.39. The first-order valence-electron chi connectivity index (χ1n) is 7.42. The quantitative estimate of drug-likeness (QED) is 0.650. The van der Waals surface area contributed by atoms with Crippen molar-refractivity contribution in [3.8, 4) is 0 Å². The van der Waals surface area contributed by atoms with Gasteiger partial charge in [0.2, 0.25) is 0 Å². The van der Waals surface area contributed by atoms with Crippen LogP contribution in [-0.2, 0) is 0 Å². The van der Waals surface area contributed by atoms with Gasteiger partial charge in [0.15, 0.2) is 0 Å². The van der Waals surface area contributed by atoms with Crippen molar-refractivity contribution in [2.75, 3.05) is 31.1 Å². The summed E-state index contributed by atoms with van der Waals surface area (Å²) in [5.41, 5.74) is 5.51. The molecule has 1 aromatic heterocycles. The van der Waals surface area contributed by atoms with E-state index in [1.165, 1.54) is 0 Å². The van der Waals surface area contributed by atoms with Gasteiger partial charge in [-0.1, -0.05) is 0 Å². The number of pyridine rings is 1. The Morgan fingerprint density at radius 3 is 2.64 bits per heavy atom. The van der Waals surface area contributed by atoms with Crippen LogP contribution in [0.25, 0.3) is 0 Å². The molecule has 3 saturated heterocycles. The molecular formula is C14H19N5O3. The molecular weight excluding hydrogens is 286 g/mol. The number of hydrogen-bond acceptors (Lipinski definition) is 6. The molecule has 1 amide bonds. The number of anilines is 1. The van der Waals surface area contributed by atoms with Crippen LogP contribution >= 0.6 is 0 Å². The molecule has 8 heteroatoms. The van der Waals surface area contributed by atoms with Crippen LogP contribution < -0.4 is 10.6 Å². The van der Waals surface area contributed by atoms with Crippen molar-refractivity contribution in [2.24, 2.45) is 5.73 Å². The van der Waals surface area contributed by atoms with Crippen LogP contribution in [0.15, 0.2) is 6.20 Å². The average Bonchev–Trinajstić information content (AvgIpc) is 2.80. The van der Waals surface area contributed by atoms with Gasteiger partial charge in [-0.25, -0.2) is 4.98 Å². The summed E-state index contributed by atoms with van der Waals surface area (Å²) in [6, 6.07) is 0.368. The molecule has 1 aromatic rings. The summed E-state index contributed by atoms with van der Waals surface area (Å²) in [6.45, 7) is 5.58. The lowest BCUT2D eigenvalue weighted by atomic mass is 10.0. The number of nitrogens with zero attached hydrogens (tertiary/aromatic N) is 4. The van der Waals surface area contributed by atoms with Crippen molar-refractivity contribution in [1.82, 2.24) is 9.88 Å². The molecule has 0 spiro atoms. The maximum Gasteiger partial charge on any atom is 0.300 e. The predicted molar refractivity (Wildman–Crippen MR) is 81.0 cm³/mol. The normalized spacial score (nSPS) is 24.1. The molecule has 0 aromatic carbocycles. The second kappa shape index (κ2) is 5.53. The second-order valence-corrected chi connectivity index (χ2v) is 5.85. The standard InChI is InChI=1S/C14H19N5O3/c1-9-12(13(15)20)11(19(21)22)8-16-14(9)18-7-6-17-4-2-10(18)3-5-17/h8,10H,2-7H2,1H3,(H2,15,20). The molecule has 3 aliphatic heterocycles. The van der Waals surface area contributed by atoms with Gasteiger partial charge < -0.3 is 15.5 Å². The highest BCUT2D eigenvalue weighted by Crippen LogP contribution is 2.32. The van der Waals surface area contributed by atoms with E-state index in [4.69, 9.17) is 5.73 Å². The summed E-state index contributed by atoms with van der Waals surface area (Å²) in [4.78, 5) is 31.0. The minimum Gasteiger partial charge on any atom is -0.365 e. The number of fused-ring (bicyclic) bond motifs is 4. The number of aromatic nitrogens is 1. The van der Waals surface area contributed by atoms with E-state index >= 15 is 0 Å². The zero-order valence-electron chi connectivity index (χ0n) is 12.5. The molecule has 0 radical (unpaired) electrons. The van der Waals surface area contributed by atoms with Crippen LogP contribution in [0.5, 0.6) is 0 Å². The number of piperidine rings is 1. The minimum atomic E-state index is -0.782. The molecule has 0 unspecified atom stereocenters. The summed E-state index contributed by atoms with van der Waals surface area (Å²) in [7, 11) is 0. The molecule has 2 bridgehead atoms. The zero-order chi connectivity index (χ0) is 15.9. The van der Waals surface area contributed by atoms with E-state index in [1.807, 2.05) is 0 Å². The van der Waals surface area contributed by atoms with Gasteiger partial charge in [-0.15, -0.1) is 0 Å².